The Kier molecular flexibility index (Phi) is 3.99. The number of aliphatic carboxylic acids is 1. The van der Waals surface area contributed by atoms with Gasteiger partial charge in [-0.2, -0.15) is 0 Å². The summed E-state index contributed by atoms with van der Waals surface area (Å²) in [5.41, 5.74) is 1.64. The number of hydrogen-bond acceptors (Lipinski definition) is 4. The Morgan fingerprint density at radius 3 is 2.50 bits per heavy atom. The zero-order chi connectivity index (χ0) is 12.1. The normalized spacial score (nSPS) is 9.88. The lowest BCUT2D eigenvalue weighted by atomic mass is 10.3. The molecule has 1 N–H and O–H groups in total. The summed E-state index contributed by atoms with van der Waals surface area (Å²) in [6.07, 6.45) is 1.63. The smallest absolute Gasteiger partial charge is 0.323 e. The highest BCUT2D eigenvalue weighted by atomic mass is 16.4. The second kappa shape index (κ2) is 5.25. The SMILES string of the molecule is C=CCN(CC(=O)O)c1nc(C)cc(C)n1. The Hall–Kier alpha value is -1.91. The van der Waals surface area contributed by atoms with Crippen LogP contribution in [0.1, 0.15) is 11.4 Å². The van der Waals surface area contributed by atoms with Gasteiger partial charge in [-0.1, -0.05) is 6.08 Å². The third kappa shape index (κ3) is 3.34. The predicted molar refractivity (Wildman–Crippen MR) is 61.6 cm³/mol. The van der Waals surface area contributed by atoms with Gasteiger partial charge < -0.3 is 10.0 Å². The fourth-order valence-corrected chi connectivity index (χ4v) is 1.38. The molecule has 0 aliphatic heterocycles. The summed E-state index contributed by atoms with van der Waals surface area (Å²) in [6, 6.07) is 1.84. The minimum Gasteiger partial charge on any atom is -0.480 e. The van der Waals surface area contributed by atoms with Gasteiger partial charge in [-0.05, 0) is 19.9 Å². The molecule has 0 spiro atoms. The van der Waals surface area contributed by atoms with E-state index in [2.05, 4.69) is 16.5 Å². The molecule has 1 aromatic rings. The van der Waals surface area contributed by atoms with Crippen LogP contribution in [0.3, 0.4) is 0 Å². The van der Waals surface area contributed by atoms with Crippen molar-refractivity contribution in [2.75, 3.05) is 18.0 Å². The average Bonchev–Trinajstić information content (AvgIpc) is 2.14. The molecule has 0 aliphatic carbocycles. The monoisotopic (exact) mass is 221 g/mol. The molecule has 0 unspecified atom stereocenters. The molecular weight excluding hydrogens is 206 g/mol. The van der Waals surface area contributed by atoms with Crippen molar-refractivity contribution in [1.82, 2.24) is 9.97 Å². The fourth-order valence-electron chi connectivity index (χ4n) is 1.38. The van der Waals surface area contributed by atoms with Crippen LogP contribution in [0.5, 0.6) is 0 Å². The van der Waals surface area contributed by atoms with Crippen LogP contribution in [0.15, 0.2) is 18.7 Å². The number of aryl methyl sites for hydroxylation is 2. The highest BCUT2D eigenvalue weighted by Gasteiger charge is 2.12. The Labute approximate surface area is 94.5 Å². The molecule has 0 bridgehead atoms. The summed E-state index contributed by atoms with van der Waals surface area (Å²) in [6.45, 7) is 7.57. The predicted octanol–water partition coefficient (Wildman–Crippen LogP) is 1.17. The van der Waals surface area contributed by atoms with Gasteiger partial charge in [0.25, 0.3) is 0 Å². The number of carbonyl (C=O) groups is 1. The number of nitrogens with zero attached hydrogens (tertiary/aromatic N) is 3. The number of carboxylic acids is 1. The molecule has 86 valence electrons. The van der Waals surface area contributed by atoms with Gasteiger partial charge in [0.2, 0.25) is 5.95 Å². The molecule has 5 nitrogen and oxygen atoms in total. The summed E-state index contributed by atoms with van der Waals surface area (Å²) in [5.74, 6) is -0.482. The summed E-state index contributed by atoms with van der Waals surface area (Å²) in [7, 11) is 0. The minimum atomic E-state index is -0.912. The maximum atomic E-state index is 10.7. The van der Waals surface area contributed by atoms with Crippen molar-refractivity contribution >= 4 is 11.9 Å². The van der Waals surface area contributed by atoms with Crippen molar-refractivity contribution in [3.05, 3.63) is 30.1 Å². The van der Waals surface area contributed by atoms with Crippen molar-refractivity contribution in [3.63, 3.8) is 0 Å². The van der Waals surface area contributed by atoms with E-state index in [1.165, 1.54) is 0 Å². The van der Waals surface area contributed by atoms with Crippen molar-refractivity contribution in [3.8, 4) is 0 Å². The molecule has 0 atom stereocenters. The maximum Gasteiger partial charge on any atom is 0.323 e. The lowest BCUT2D eigenvalue weighted by Gasteiger charge is -2.19. The lowest BCUT2D eigenvalue weighted by molar-refractivity contribution is -0.135. The standard InChI is InChI=1S/C11H15N3O2/c1-4-5-14(7-10(15)16)11-12-8(2)6-9(3)13-11/h4,6H,1,5,7H2,2-3H3,(H,15,16). The van der Waals surface area contributed by atoms with Crippen LogP contribution in [0.4, 0.5) is 5.95 Å². The van der Waals surface area contributed by atoms with Crippen LogP contribution < -0.4 is 4.90 Å². The first-order valence-corrected chi connectivity index (χ1v) is 4.93. The van der Waals surface area contributed by atoms with E-state index < -0.39 is 5.97 Å². The topological polar surface area (TPSA) is 66.3 Å². The molecule has 0 fully saturated rings. The molecule has 0 radical (unpaired) electrons. The second-order valence-electron chi connectivity index (χ2n) is 3.51. The van der Waals surface area contributed by atoms with Gasteiger partial charge >= 0.3 is 5.97 Å². The summed E-state index contributed by atoms with van der Waals surface area (Å²) in [5, 5.41) is 8.78. The molecule has 0 saturated heterocycles. The van der Waals surface area contributed by atoms with Gasteiger partial charge in [0.15, 0.2) is 0 Å². The van der Waals surface area contributed by atoms with Crippen LogP contribution in [-0.4, -0.2) is 34.1 Å². The molecule has 0 saturated carbocycles. The van der Waals surface area contributed by atoms with Crippen LogP contribution in [0.2, 0.25) is 0 Å². The second-order valence-corrected chi connectivity index (χ2v) is 3.51. The van der Waals surface area contributed by atoms with E-state index in [9.17, 15) is 4.79 Å². The molecule has 0 aromatic carbocycles. The molecular formula is C11H15N3O2. The number of hydrogen-bond donors (Lipinski definition) is 1. The quantitative estimate of drug-likeness (QED) is 0.756. The first kappa shape index (κ1) is 12.2. The van der Waals surface area contributed by atoms with Crippen LogP contribution in [-0.2, 0) is 4.79 Å². The van der Waals surface area contributed by atoms with E-state index in [1.807, 2.05) is 19.9 Å². The number of carboxylic acid groups (broad SMARTS) is 1. The van der Waals surface area contributed by atoms with Gasteiger partial charge in [0, 0.05) is 17.9 Å². The van der Waals surface area contributed by atoms with E-state index in [-0.39, 0.29) is 6.54 Å². The first-order chi connectivity index (χ1) is 7.52. The summed E-state index contributed by atoms with van der Waals surface area (Å²) in [4.78, 5) is 20.7. The van der Waals surface area contributed by atoms with E-state index in [0.29, 0.717) is 12.5 Å². The minimum absolute atomic E-state index is 0.130. The Bertz CT molecular complexity index is 384. The van der Waals surface area contributed by atoms with Gasteiger partial charge in [0.05, 0.1) is 0 Å². The molecule has 16 heavy (non-hydrogen) atoms. The van der Waals surface area contributed by atoms with Gasteiger partial charge in [-0.15, -0.1) is 6.58 Å². The highest BCUT2D eigenvalue weighted by molar-refractivity contribution is 5.72. The van der Waals surface area contributed by atoms with Gasteiger partial charge in [-0.3, -0.25) is 4.79 Å². The van der Waals surface area contributed by atoms with Crippen molar-refractivity contribution in [2.24, 2.45) is 0 Å². The van der Waals surface area contributed by atoms with Gasteiger partial charge in [-0.25, -0.2) is 9.97 Å². The van der Waals surface area contributed by atoms with Crippen LogP contribution in [0, 0.1) is 13.8 Å². The van der Waals surface area contributed by atoms with Crippen molar-refractivity contribution in [1.29, 1.82) is 0 Å². The van der Waals surface area contributed by atoms with E-state index >= 15 is 0 Å². The summed E-state index contributed by atoms with van der Waals surface area (Å²) < 4.78 is 0. The molecule has 0 aliphatic rings. The third-order valence-corrected chi connectivity index (χ3v) is 1.93. The molecule has 0 amide bonds. The van der Waals surface area contributed by atoms with Crippen molar-refractivity contribution in [2.45, 2.75) is 13.8 Å². The maximum absolute atomic E-state index is 10.7. The van der Waals surface area contributed by atoms with E-state index in [4.69, 9.17) is 5.11 Å². The fraction of sp³-hybridized carbons (Fsp3) is 0.364. The zero-order valence-electron chi connectivity index (χ0n) is 9.47. The molecule has 1 heterocycles. The van der Waals surface area contributed by atoms with Gasteiger partial charge in [0.1, 0.15) is 6.54 Å². The third-order valence-electron chi connectivity index (χ3n) is 1.93. The van der Waals surface area contributed by atoms with E-state index in [0.717, 1.165) is 11.4 Å². The Morgan fingerprint density at radius 1 is 1.50 bits per heavy atom. The molecule has 1 rings (SSSR count). The highest BCUT2D eigenvalue weighted by Crippen LogP contribution is 2.09. The average molecular weight is 221 g/mol. The van der Waals surface area contributed by atoms with Crippen LogP contribution in [0.25, 0.3) is 0 Å². The number of anilines is 1. The molecule has 5 heteroatoms. The Morgan fingerprint density at radius 2 is 2.06 bits per heavy atom. The molecule has 1 aromatic heterocycles. The number of rotatable bonds is 5. The van der Waals surface area contributed by atoms with Crippen molar-refractivity contribution < 1.29 is 9.90 Å². The Balaban J connectivity index is 2.99. The lowest BCUT2D eigenvalue weighted by Crippen LogP contribution is -2.31. The largest absolute Gasteiger partial charge is 0.480 e. The van der Waals surface area contributed by atoms with E-state index in [1.54, 1.807) is 11.0 Å². The number of aromatic nitrogens is 2. The zero-order valence-corrected chi connectivity index (χ0v) is 9.47. The summed E-state index contributed by atoms with van der Waals surface area (Å²) >= 11 is 0. The first-order valence-electron chi connectivity index (χ1n) is 4.93. The van der Waals surface area contributed by atoms with Crippen LogP contribution >= 0.6 is 0 Å².